The van der Waals surface area contributed by atoms with Gasteiger partial charge in [0.1, 0.15) is 0 Å². The average molecular weight is 403 g/mol. The van der Waals surface area contributed by atoms with E-state index in [4.69, 9.17) is 4.52 Å². The van der Waals surface area contributed by atoms with Gasteiger partial charge in [-0.15, -0.1) is 0 Å². The van der Waals surface area contributed by atoms with Crippen molar-refractivity contribution in [1.82, 2.24) is 24.9 Å². The predicted octanol–water partition coefficient (Wildman–Crippen LogP) is 3.24. The zero-order valence-electron chi connectivity index (χ0n) is 17.1. The molecule has 1 aromatic carbocycles. The first-order chi connectivity index (χ1) is 14.6. The Bertz CT molecular complexity index is 1020. The standard InChI is InChI=1S/C23H25N5O2/c1-23(8-9-23)22(29)28-13-11-27(12-14-28)16-17-4-6-18(7-5-17)20-25-21(30-26-20)19-3-2-10-24-15-19/h2-7,10,15H,8-9,11-14,16H2,1H3. The van der Waals surface area contributed by atoms with Gasteiger partial charge >= 0.3 is 0 Å². The zero-order valence-corrected chi connectivity index (χ0v) is 17.1. The molecule has 30 heavy (non-hydrogen) atoms. The molecule has 1 aliphatic heterocycles. The molecule has 1 saturated heterocycles. The molecule has 154 valence electrons. The Balaban J connectivity index is 1.18. The lowest BCUT2D eigenvalue weighted by Crippen LogP contribution is -2.50. The molecule has 0 atom stereocenters. The van der Waals surface area contributed by atoms with Crippen molar-refractivity contribution in [3.05, 3.63) is 54.4 Å². The number of aromatic nitrogens is 3. The summed E-state index contributed by atoms with van der Waals surface area (Å²) in [6.45, 7) is 6.46. The van der Waals surface area contributed by atoms with Gasteiger partial charge in [0.05, 0.1) is 5.56 Å². The van der Waals surface area contributed by atoms with Crippen LogP contribution in [0.15, 0.2) is 53.3 Å². The minimum absolute atomic E-state index is 0.0654. The van der Waals surface area contributed by atoms with Crippen LogP contribution in [0, 0.1) is 5.41 Å². The number of nitrogens with zero attached hydrogens (tertiary/aromatic N) is 5. The first-order valence-corrected chi connectivity index (χ1v) is 10.5. The summed E-state index contributed by atoms with van der Waals surface area (Å²) in [6.07, 6.45) is 5.51. The topological polar surface area (TPSA) is 75.4 Å². The number of hydrogen-bond acceptors (Lipinski definition) is 6. The van der Waals surface area contributed by atoms with Crippen LogP contribution in [-0.2, 0) is 11.3 Å². The number of amides is 1. The van der Waals surface area contributed by atoms with E-state index in [1.165, 1.54) is 5.56 Å². The van der Waals surface area contributed by atoms with Crippen LogP contribution in [0.3, 0.4) is 0 Å². The SMILES string of the molecule is CC1(C(=O)N2CCN(Cc3ccc(-c4noc(-c5cccnc5)n4)cc3)CC2)CC1. The van der Waals surface area contributed by atoms with Gasteiger partial charge in [0.15, 0.2) is 0 Å². The predicted molar refractivity (Wildman–Crippen MR) is 112 cm³/mol. The summed E-state index contributed by atoms with van der Waals surface area (Å²) in [5, 5.41) is 4.10. The summed E-state index contributed by atoms with van der Waals surface area (Å²) in [6, 6.07) is 12.0. The third-order valence-electron chi connectivity index (χ3n) is 6.13. The fourth-order valence-electron chi connectivity index (χ4n) is 3.86. The average Bonchev–Trinajstić information content (AvgIpc) is 3.35. The number of carbonyl (C=O) groups excluding carboxylic acids is 1. The van der Waals surface area contributed by atoms with Gasteiger partial charge < -0.3 is 9.42 Å². The molecular formula is C23H25N5O2. The highest BCUT2D eigenvalue weighted by Gasteiger charge is 2.47. The number of rotatable bonds is 5. The van der Waals surface area contributed by atoms with Crippen molar-refractivity contribution in [2.45, 2.75) is 26.3 Å². The van der Waals surface area contributed by atoms with Crippen molar-refractivity contribution in [2.75, 3.05) is 26.2 Å². The van der Waals surface area contributed by atoms with Gasteiger partial charge in [-0.1, -0.05) is 36.3 Å². The zero-order chi connectivity index (χ0) is 20.6. The molecule has 5 rings (SSSR count). The van der Waals surface area contributed by atoms with E-state index >= 15 is 0 Å². The molecule has 1 amide bonds. The van der Waals surface area contributed by atoms with Crippen LogP contribution in [0.4, 0.5) is 0 Å². The van der Waals surface area contributed by atoms with E-state index in [1.54, 1.807) is 12.4 Å². The maximum absolute atomic E-state index is 12.5. The van der Waals surface area contributed by atoms with E-state index in [0.29, 0.717) is 17.6 Å². The Morgan fingerprint density at radius 2 is 1.83 bits per heavy atom. The number of hydrogen-bond donors (Lipinski definition) is 0. The summed E-state index contributed by atoms with van der Waals surface area (Å²) in [5.74, 6) is 1.38. The van der Waals surface area contributed by atoms with Gasteiger partial charge in [0.25, 0.3) is 5.89 Å². The number of piperazine rings is 1. The number of benzene rings is 1. The highest BCUT2D eigenvalue weighted by Crippen LogP contribution is 2.46. The summed E-state index contributed by atoms with van der Waals surface area (Å²) >= 11 is 0. The molecule has 1 aliphatic carbocycles. The van der Waals surface area contributed by atoms with E-state index in [0.717, 1.165) is 56.7 Å². The maximum Gasteiger partial charge on any atom is 0.259 e. The van der Waals surface area contributed by atoms with Crippen molar-refractivity contribution in [3.63, 3.8) is 0 Å². The summed E-state index contributed by atoms with van der Waals surface area (Å²) in [4.78, 5) is 25.5. The molecule has 0 radical (unpaired) electrons. The number of carbonyl (C=O) groups is 1. The molecule has 2 aliphatic rings. The van der Waals surface area contributed by atoms with Gasteiger partial charge in [-0.05, 0) is 30.5 Å². The Morgan fingerprint density at radius 1 is 1.07 bits per heavy atom. The molecule has 2 fully saturated rings. The maximum atomic E-state index is 12.5. The first-order valence-electron chi connectivity index (χ1n) is 10.5. The minimum Gasteiger partial charge on any atom is -0.340 e. The summed E-state index contributed by atoms with van der Waals surface area (Å²) in [5.41, 5.74) is 2.90. The largest absolute Gasteiger partial charge is 0.340 e. The Kier molecular flexibility index (Phi) is 4.83. The number of pyridine rings is 1. The molecule has 7 heteroatoms. The van der Waals surface area contributed by atoms with E-state index in [2.05, 4.69) is 39.1 Å². The van der Waals surface area contributed by atoms with Crippen molar-refractivity contribution in [1.29, 1.82) is 0 Å². The van der Waals surface area contributed by atoms with Crippen molar-refractivity contribution in [3.8, 4) is 22.8 Å². The molecular weight excluding hydrogens is 378 g/mol. The second-order valence-electron chi connectivity index (χ2n) is 8.49. The molecule has 2 aromatic heterocycles. The Labute approximate surface area is 175 Å². The van der Waals surface area contributed by atoms with Crippen molar-refractivity contribution >= 4 is 5.91 Å². The van der Waals surface area contributed by atoms with Crippen molar-refractivity contribution < 1.29 is 9.32 Å². The molecule has 0 unspecified atom stereocenters. The molecule has 1 saturated carbocycles. The molecule has 0 bridgehead atoms. The van der Waals surface area contributed by atoms with E-state index in [-0.39, 0.29) is 5.41 Å². The van der Waals surface area contributed by atoms with Crippen LogP contribution in [-0.4, -0.2) is 57.0 Å². The van der Waals surface area contributed by atoms with Crippen LogP contribution in [0.5, 0.6) is 0 Å². The highest BCUT2D eigenvalue weighted by molar-refractivity contribution is 5.85. The second-order valence-corrected chi connectivity index (χ2v) is 8.49. The Morgan fingerprint density at radius 3 is 2.50 bits per heavy atom. The third kappa shape index (κ3) is 3.85. The molecule has 0 spiro atoms. The van der Waals surface area contributed by atoms with Crippen LogP contribution in [0.1, 0.15) is 25.3 Å². The fourth-order valence-corrected chi connectivity index (χ4v) is 3.86. The summed E-state index contributed by atoms with van der Waals surface area (Å²) < 4.78 is 5.37. The van der Waals surface area contributed by atoms with Crippen LogP contribution in [0.2, 0.25) is 0 Å². The lowest BCUT2D eigenvalue weighted by Gasteiger charge is -2.36. The van der Waals surface area contributed by atoms with Gasteiger partial charge in [0.2, 0.25) is 11.7 Å². The van der Waals surface area contributed by atoms with Gasteiger partial charge in [0, 0.05) is 56.1 Å². The third-order valence-corrected chi connectivity index (χ3v) is 6.13. The quantitative estimate of drug-likeness (QED) is 0.651. The van der Waals surface area contributed by atoms with E-state index in [1.807, 2.05) is 29.2 Å². The first kappa shape index (κ1) is 18.9. The Hall–Kier alpha value is -3.06. The molecule has 3 aromatic rings. The van der Waals surface area contributed by atoms with Crippen LogP contribution in [0.25, 0.3) is 22.8 Å². The molecule has 7 nitrogen and oxygen atoms in total. The monoisotopic (exact) mass is 403 g/mol. The highest BCUT2D eigenvalue weighted by atomic mass is 16.5. The van der Waals surface area contributed by atoms with E-state index in [9.17, 15) is 4.79 Å². The van der Waals surface area contributed by atoms with Crippen molar-refractivity contribution in [2.24, 2.45) is 5.41 Å². The van der Waals surface area contributed by atoms with Crippen LogP contribution < -0.4 is 0 Å². The normalized spacial score (nSPS) is 18.4. The molecule has 0 N–H and O–H groups in total. The van der Waals surface area contributed by atoms with Gasteiger partial charge in [-0.25, -0.2) is 0 Å². The lowest BCUT2D eigenvalue weighted by molar-refractivity contribution is -0.138. The smallest absolute Gasteiger partial charge is 0.259 e. The van der Waals surface area contributed by atoms with Gasteiger partial charge in [-0.3, -0.25) is 14.7 Å². The lowest BCUT2D eigenvalue weighted by atomic mass is 10.1. The minimum atomic E-state index is -0.0654. The molecule has 3 heterocycles. The van der Waals surface area contributed by atoms with Crippen LogP contribution >= 0.6 is 0 Å². The summed E-state index contributed by atoms with van der Waals surface area (Å²) in [7, 11) is 0. The fraction of sp³-hybridized carbons (Fsp3) is 0.391. The van der Waals surface area contributed by atoms with Gasteiger partial charge in [-0.2, -0.15) is 4.98 Å². The second kappa shape index (κ2) is 7.65. The van der Waals surface area contributed by atoms with E-state index < -0.39 is 0 Å².